The predicted octanol–water partition coefficient (Wildman–Crippen LogP) is 4.48. The smallest absolute Gasteiger partial charge is 0.335 e. The van der Waals surface area contributed by atoms with Crippen LogP contribution in [0.25, 0.3) is 6.08 Å². The molecule has 0 aromatic heterocycles. The third kappa shape index (κ3) is 4.20. The van der Waals surface area contributed by atoms with Gasteiger partial charge in [0.05, 0.1) is 23.9 Å². The minimum Gasteiger partial charge on any atom is -0.493 e. The molecule has 1 saturated heterocycles. The summed E-state index contributed by atoms with van der Waals surface area (Å²) >= 11 is 9.45. The van der Waals surface area contributed by atoms with Crippen LogP contribution in [0.4, 0.5) is 10.5 Å². The zero-order valence-corrected chi connectivity index (χ0v) is 18.8. The van der Waals surface area contributed by atoms with Gasteiger partial charge in [-0.15, -0.1) is 0 Å². The van der Waals surface area contributed by atoms with Gasteiger partial charge in [0.1, 0.15) is 5.57 Å². The fraction of sp³-hybridized carbons (Fsp3) is 0.190. The lowest BCUT2D eigenvalue weighted by Crippen LogP contribution is -2.54. The van der Waals surface area contributed by atoms with E-state index in [4.69, 9.17) is 21.1 Å². The molecule has 1 heterocycles. The highest BCUT2D eigenvalue weighted by atomic mass is 79.9. The number of carbonyl (C=O) groups excluding carboxylic acids is 3. The van der Waals surface area contributed by atoms with E-state index in [9.17, 15) is 14.4 Å². The summed E-state index contributed by atoms with van der Waals surface area (Å²) in [7, 11) is 1.49. The maximum Gasteiger partial charge on any atom is 0.335 e. The van der Waals surface area contributed by atoms with Crippen molar-refractivity contribution >= 4 is 57.1 Å². The van der Waals surface area contributed by atoms with Crippen LogP contribution in [0.5, 0.6) is 11.5 Å². The summed E-state index contributed by atoms with van der Waals surface area (Å²) in [6.07, 6.45) is 1.39. The van der Waals surface area contributed by atoms with Crippen LogP contribution in [0.15, 0.2) is 40.4 Å². The van der Waals surface area contributed by atoms with Crippen molar-refractivity contribution in [1.82, 2.24) is 5.32 Å². The third-order valence-corrected chi connectivity index (χ3v) is 5.19. The molecule has 1 aliphatic heterocycles. The third-order valence-electron chi connectivity index (χ3n) is 4.37. The first kappa shape index (κ1) is 21.9. The predicted molar refractivity (Wildman–Crippen MR) is 117 cm³/mol. The minimum absolute atomic E-state index is 0.202. The quantitative estimate of drug-likeness (QED) is 0.490. The van der Waals surface area contributed by atoms with Crippen LogP contribution in [0.1, 0.15) is 18.1 Å². The van der Waals surface area contributed by atoms with E-state index in [1.54, 1.807) is 31.2 Å². The number of rotatable bonds is 5. The molecular formula is C21H18BrClN2O5. The maximum atomic E-state index is 13.1. The molecule has 4 amide bonds. The second-order valence-electron chi connectivity index (χ2n) is 6.36. The zero-order valence-electron chi connectivity index (χ0n) is 16.4. The van der Waals surface area contributed by atoms with Crippen LogP contribution in [0.3, 0.4) is 0 Å². The highest BCUT2D eigenvalue weighted by molar-refractivity contribution is 9.10. The largest absolute Gasteiger partial charge is 0.493 e. The Morgan fingerprint density at radius 1 is 1.20 bits per heavy atom. The van der Waals surface area contributed by atoms with E-state index in [1.165, 1.54) is 19.3 Å². The van der Waals surface area contributed by atoms with E-state index in [-0.39, 0.29) is 5.57 Å². The highest BCUT2D eigenvalue weighted by Crippen LogP contribution is 2.37. The Kier molecular flexibility index (Phi) is 6.48. The topological polar surface area (TPSA) is 84.9 Å². The van der Waals surface area contributed by atoms with Gasteiger partial charge < -0.3 is 9.47 Å². The molecule has 1 N–H and O–H groups in total. The molecule has 9 heteroatoms. The number of aryl methyl sites for hydroxylation is 1. The molecule has 3 rings (SSSR count). The molecule has 1 fully saturated rings. The molecule has 0 unspecified atom stereocenters. The van der Waals surface area contributed by atoms with E-state index in [1.807, 2.05) is 6.92 Å². The number of hydrogen-bond acceptors (Lipinski definition) is 5. The lowest BCUT2D eigenvalue weighted by molar-refractivity contribution is -0.122. The van der Waals surface area contributed by atoms with Gasteiger partial charge in [-0.05, 0) is 71.2 Å². The number of nitrogens with one attached hydrogen (secondary N) is 1. The monoisotopic (exact) mass is 492 g/mol. The number of benzene rings is 2. The average molecular weight is 494 g/mol. The van der Waals surface area contributed by atoms with Crippen molar-refractivity contribution in [3.63, 3.8) is 0 Å². The van der Waals surface area contributed by atoms with E-state index < -0.39 is 17.8 Å². The Morgan fingerprint density at radius 3 is 2.60 bits per heavy atom. The van der Waals surface area contributed by atoms with Crippen molar-refractivity contribution in [3.8, 4) is 11.5 Å². The number of anilines is 1. The molecular weight excluding hydrogens is 476 g/mol. The van der Waals surface area contributed by atoms with Gasteiger partial charge in [-0.3, -0.25) is 14.9 Å². The van der Waals surface area contributed by atoms with E-state index >= 15 is 0 Å². The van der Waals surface area contributed by atoms with Crippen LogP contribution in [0, 0.1) is 6.92 Å². The van der Waals surface area contributed by atoms with Crippen molar-refractivity contribution in [1.29, 1.82) is 0 Å². The number of amides is 4. The van der Waals surface area contributed by atoms with Gasteiger partial charge in [0, 0.05) is 5.02 Å². The van der Waals surface area contributed by atoms with Gasteiger partial charge in [-0.25, -0.2) is 9.69 Å². The van der Waals surface area contributed by atoms with Crippen molar-refractivity contribution in [2.75, 3.05) is 18.6 Å². The summed E-state index contributed by atoms with van der Waals surface area (Å²) in [6, 6.07) is 7.32. The molecule has 0 bridgehead atoms. The van der Waals surface area contributed by atoms with Crippen LogP contribution in [-0.2, 0) is 9.59 Å². The fourth-order valence-electron chi connectivity index (χ4n) is 2.97. The van der Waals surface area contributed by atoms with Gasteiger partial charge in [-0.2, -0.15) is 0 Å². The standard InChI is InChI=1S/C21H18BrClN2O5/c1-4-30-18-15(22)8-12(9-17(18)29-3)7-14-19(26)24-21(28)25(20(14)27)16-10-13(23)6-5-11(16)2/h5-10H,4H2,1-3H3,(H,24,26,28). The number of carbonyl (C=O) groups is 3. The number of urea groups is 1. The molecule has 7 nitrogen and oxygen atoms in total. The molecule has 0 radical (unpaired) electrons. The molecule has 156 valence electrons. The Morgan fingerprint density at radius 2 is 1.93 bits per heavy atom. The number of nitrogens with zero attached hydrogens (tertiary/aromatic N) is 1. The molecule has 0 atom stereocenters. The molecule has 2 aromatic carbocycles. The lowest BCUT2D eigenvalue weighted by atomic mass is 10.1. The van der Waals surface area contributed by atoms with Crippen LogP contribution >= 0.6 is 27.5 Å². The molecule has 0 saturated carbocycles. The molecule has 30 heavy (non-hydrogen) atoms. The van der Waals surface area contributed by atoms with Gasteiger partial charge >= 0.3 is 6.03 Å². The van der Waals surface area contributed by atoms with Gasteiger partial charge in [-0.1, -0.05) is 17.7 Å². The van der Waals surface area contributed by atoms with Crippen LogP contribution < -0.4 is 19.7 Å². The molecule has 0 spiro atoms. The number of imide groups is 2. The van der Waals surface area contributed by atoms with Crippen molar-refractivity contribution in [2.24, 2.45) is 0 Å². The maximum absolute atomic E-state index is 13.1. The summed E-state index contributed by atoms with van der Waals surface area (Å²) in [5.74, 6) is -0.601. The first-order chi connectivity index (χ1) is 14.3. The summed E-state index contributed by atoms with van der Waals surface area (Å²) in [5, 5.41) is 2.56. The van der Waals surface area contributed by atoms with Gasteiger partial charge in [0.15, 0.2) is 11.5 Å². The number of hydrogen-bond donors (Lipinski definition) is 1. The average Bonchev–Trinajstić information content (AvgIpc) is 2.69. The van der Waals surface area contributed by atoms with Crippen molar-refractivity contribution in [2.45, 2.75) is 13.8 Å². The van der Waals surface area contributed by atoms with Crippen molar-refractivity contribution < 1.29 is 23.9 Å². The molecule has 0 aliphatic carbocycles. The SMILES string of the molecule is CCOc1c(Br)cc(C=C2C(=O)NC(=O)N(c3cc(Cl)ccc3C)C2=O)cc1OC. The molecule has 2 aromatic rings. The lowest BCUT2D eigenvalue weighted by Gasteiger charge is -2.27. The number of barbiturate groups is 1. The Bertz CT molecular complexity index is 1080. The van der Waals surface area contributed by atoms with E-state index in [0.717, 1.165) is 4.90 Å². The Hall–Kier alpha value is -2.84. The minimum atomic E-state index is -0.835. The van der Waals surface area contributed by atoms with Crippen LogP contribution in [0.2, 0.25) is 5.02 Å². The first-order valence-corrected chi connectivity index (χ1v) is 10.1. The fourth-order valence-corrected chi connectivity index (χ4v) is 3.71. The number of methoxy groups -OCH3 is 1. The van der Waals surface area contributed by atoms with Gasteiger partial charge in [0.2, 0.25) is 0 Å². The normalized spacial score (nSPS) is 15.4. The van der Waals surface area contributed by atoms with Crippen LogP contribution in [-0.4, -0.2) is 31.6 Å². The summed E-state index contributed by atoms with van der Waals surface area (Å²) in [4.78, 5) is 38.8. The Labute approximate surface area is 186 Å². The van der Waals surface area contributed by atoms with E-state index in [2.05, 4.69) is 21.2 Å². The Balaban J connectivity index is 2.07. The van der Waals surface area contributed by atoms with E-state index in [0.29, 0.717) is 44.4 Å². The highest BCUT2D eigenvalue weighted by Gasteiger charge is 2.37. The summed E-state index contributed by atoms with van der Waals surface area (Å²) < 4.78 is 11.5. The van der Waals surface area contributed by atoms with Gasteiger partial charge in [0.25, 0.3) is 11.8 Å². The zero-order chi connectivity index (χ0) is 22.0. The summed E-state index contributed by atoms with van der Waals surface area (Å²) in [5.41, 5.74) is 1.26. The second kappa shape index (κ2) is 8.89. The summed E-state index contributed by atoms with van der Waals surface area (Å²) in [6.45, 7) is 4.02. The number of ether oxygens (including phenoxy) is 2. The first-order valence-electron chi connectivity index (χ1n) is 8.94. The molecule has 1 aliphatic rings. The number of halogens is 2. The second-order valence-corrected chi connectivity index (χ2v) is 7.65. The van der Waals surface area contributed by atoms with Crippen molar-refractivity contribution in [3.05, 3.63) is 56.5 Å².